The number of carboxylic acids is 1. The molecule has 0 aliphatic carbocycles. The van der Waals surface area contributed by atoms with Crippen LogP contribution in [0.25, 0.3) is 0 Å². The summed E-state index contributed by atoms with van der Waals surface area (Å²) in [6.45, 7) is 2.61. The Kier molecular flexibility index (Phi) is 6.58. The highest BCUT2D eigenvalue weighted by atomic mass is 35.5. The van der Waals surface area contributed by atoms with Crippen molar-refractivity contribution in [2.75, 3.05) is 26.3 Å². The van der Waals surface area contributed by atoms with Gasteiger partial charge >= 0.3 is 5.97 Å². The van der Waals surface area contributed by atoms with Crippen LogP contribution in [0.2, 0.25) is 0 Å². The van der Waals surface area contributed by atoms with Crippen LogP contribution in [-0.2, 0) is 14.3 Å². The average molecular weight is 292 g/mol. The lowest BCUT2D eigenvalue weighted by molar-refractivity contribution is -0.141. The minimum absolute atomic E-state index is 0. The van der Waals surface area contributed by atoms with E-state index in [0.29, 0.717) is 31.8 Å². The fourth-order valence-corrected chi connectivity index (χ4v) is 2.71. The van der Waals surface area contributed by atoms with Gasteiger partial charge in [0.15, 0.2) is 0 Å². The highest BCUT2D eigenvalue weighted by Crippen LogP contribution is 2.22. The molecule has 1 unspecified atom stereocenters. The lowest BCUT2D eigenvalue weighted by Crippen LogP contribution is -2.30. The third-order valence-electron chi connectivity index (χ3n) is 4.00. The zero-order valence-corrected chi connectivity index (χ0v) is 11.9. The molecule has 2 aliphatic rings. The molecule has 2 saturated heterocycles. The van der Waals surface area contributed by atoms with E-state index in [0.717, 1.165) is 32.5 Å². The minimum Gasteiger partial charge on any atom is -0.481 e. The summed E-state index contributed by atoms with van der Waals surface area (Å²) in [5, 5.41) is 8.89. The van der Waals surface area contributed by atoms with E-state index < -0.39 is 5.97 Å². The number of hydrogen-bond acceptors (Lipinski definition) is 3. The zero-order chi connectivity index (χ0) is 13.0. The zero-order valence-electron chi connectivity index (χ0n) is 11.0. The van der Waals surface area contributed by atoms with Crippen LogP contribution in [0, 0.1) is 11.8 Å². The van der Waals surface area contributed by atoms with Crippen molar-refractivity contribution in [1.82, 2.24) is 4.90 Å². The van der Waals surface area contributed by atoms with Gasteiger partial charge in [-0.2, -0.15) is 0 Å². The van der Waals surface area contributed by atoms with Gasteiger partial charge in [-0.25, -0.2) is 0 Å². The molecular formula is C13H22ClNO4. The van der Waals surface area contributed by atoms with Crippen LogP contribution >= 0.6 is 12.4 Å². The number of halogens is 1. The molecule has 6 heteroatoms. The van der Waals surface area contributed by atoms with E-state index in [-0.39, 0.29) is 24.2 Å². The summed E-state index contributed by atoms with van der Waals surface area (Å²) < 4.78 is 5.29. The second-order valence-corrected chi connectivity index (χ2v) is 5.26. The summed E-state index contributed by atoms with van der Waals surface area (Å²) in [5.74, 6) is -0.433. The van der Waals surface area contributed by atoms with Gasteiger partial charge in [0.05, 0.1) is 5.92 Å². The third-order valence-corrected chi connectivity index (χ3v) is 4.00. The van der Waals surface area contributed by atoms with Crippen LogP contribution in [0.5, 0.6) is 0 Å². The predicted octanol–water partition coefficient (Wildman–Crippen LogP) is 1.55. The molecule has 0 bridgehead atoms. The topological polar surface area (TPSA) is 66.8 Å². The van der Waals surface area contributed by atoms with Gasteiger partial charge in [-0.3, -0.25) is 9.59 Å². The Labute approximate surface area is 119 Å². The monoisotopic (exact) mass is 291 g/mol. The fraction of sp³-hybridized carbons (Fsp3) is 0.846. The quantitative estimate of drug-likeness (QED) is 0.853. The van der Waals surface area contributed by atoms with Crippen LogP contribution in [0.15, 0.2) is 0 Å². The van der Waals surface area contributed by atoms with Gasteiger partial charge < -0.3 is 14.7 Å². The molecule has 2 rings (SSSR count). The molecule has 1 amide bonds. The normalized spacial score (nSPS) is 24.0. The highest BCUT2D eigenvalue weighted by molar-refractivity contribution is 5.85. The molecule has 5 nitrogen and oxygen atoms in total. The lowest BCUT2D eigenvalue weighted by Gasteiger charge is -2.23. The van der Waals surface area contributed by atoms with Crippen molar-refractivity contribution in [3.63, 3.8) is 0 Å². The van der Waals surface area contributed by atoms with E-state index in [1.807, 2.05) is 0 Å². The van der Waals surface area contributed by atoms with Crippen molar-refractivity contribution >= 4 is 24.3 Å². The predicted molar refractivity (Wildman–Crippen MR) is 72.3 cm³/mol. The third kappa shape index (κ3) is 4.66. The van der Waals surface area contributed by atoms with Crippen LogP contribution in [0.1, 0.15) is 32.1 Å². The standard InChI is InChI=1S/C13H21NO4.ClH/c15-12(2-1-10-4-7-18-8-5-10)14-6-3-11(9-14)13(16)17;/h10-11H,1-9H2,(H,16,17);1H. The summed E-state index contributed by atoms with van der Waals surface area (Å²) >= 11 is 0. The highest BCUT2D eigenvalue weighted by Gasteiger charge is 2.30. The lowest BCUT2D eigenvalue weighted by atomic mass is 9.95. The van der Waals surface area contributed by atoms with E-state index in [1.165, 1.54) is 0 Å². The number of aliphatic carboxylic acids is 1. The van der Waals surface area contributed by atoms with Gasteiger partial charge in [0.2, 0.25) is 5.91 Å². The molecule has 1 N–H and O–H groups in total. The van der Waals surface area contributed by atoms with E-state index in [4.69, 9.17) is 9.84 Å². The molecule has 110 valence electrons. The average Bonchev–Trinajstić information content (AvgIpc) is 2.87. The number of carbonyl (C=O) groups excluding carboxylic acids is 1. The van der Waals surface area contributed by atoms with Gasteiger partial charge in [0.1, 0.15) is 0 Å². The second kappa shape index (κ2) is 7.70. The number of hydrogen-bond donors (Lipinski definition) is 1. The largest absolute Gasteiger partial charge is 0.481 e. The van der Waals surface area contributed by atoms with Crippen LogP contribution in [0.3, 0.4) is 0 Å². The van der Waals surface area contributed by atoms with E-state index >= 15 is 0 Å². The molecule has 2 aliphatic heterocycles. The van der Waals surface area contributed by atoms with Crippen molar-refractivity contribution in [1.29, 1.82) is 0 Å². The maximum absolute atomic E-state index is 12.0. The van der Waals surface area contributed by atoms with Crippen LogP contribution in [-0.4, -0.2) is 48.2 Å². The molecule has 0 aromatic rings. The summed E-state index contributed by atoms with van der Waals surface area (Å²) in [6, 6.07) is 0. The summed E-state index contributed by atoms with van der Waals surface area (Å²) in [6.07, 6.45) is 4.15. The van der Waals surface area contributed by atoms with Crippen molar-refractivity contribution < 1.29 is 19.4 Å². The molecule has 0 aromatic heterocycles. The van der Waals surface area contributed by atoms with Gasteiger partial charge in [-0.15, -0.1) is 12.4 Å². The number of carboxylic acid groups (broad SMARTS) is 1. The Morgan fingerprint density at radius 2 is 1.89 bits per heavy atom. The van der Waals surface area contributed by atoms with Crippen molar-refractivity contribution in [3.05, 3.63) is 0 Å². The molecule has 0 radical (unpaired) electrons. The fourth-order valence-electron chi connectivity index (χ4n) is 2.71. The van der Waals surface area contributed by atoms with Gasteiger partial charge in [0.25, 0.3) is 0 Å². The molecule has 19 heavy (non-hydrogen) atoms. The molecule has 0 aromatic carbocycles. The second-order valence-electron chi connectivity index (χ2n) is 5.26. The Morgan fingerprint density at radius 1 is 1.21 bits per heavy atom. The first kappa shape index (κ1) is 16.2. The van der Waals surface area contributed by atoms with Crippen molar-refractivity contribution in [3.8, 4) is 0 Å². The molecule has 2 fully saturated rings. The summed E-state index contributed by atoms with van der Waals surface area (Å²) in [7, 11) is 0. The Balaban J connectivity index is 0.00000180. The first-order valence-corrected chi connectivity index (χ1v) is 6.75. The summed E-state index contributed by atoms with van der Waals surface area (Å²) in [4.78, 5) is 24.5. The molecule has 0 saturated carbocycles. The van der Waals surface area contributed by atoms with Crippen LogP contribution in [0.4, 0.5) is 0 Å². The Morgan fingerprint density at radius 3 is 2.47 bits per heavy atom. The van der Waals surface area contributed by atoms with Gasteiger partial charge in [-0.05, 0) is 31.6 Å². The molecule has 2 heterocycles. The SMILES string of the molecule is Cl.O=C(O)C1CCN(C(=O)CCC2CCOCC2)C1. The van der Waals surface area contributed by atoms with Gasteiger partial charge in [-0.1, -0.05) is 0 Å². The van der Waals surface area contributed by atoms with Crippen molar-refractivity contribution in [2.45, 2.75) is 32.1 Å². The number of likely N-dealkylation sites (tertiary alicyclic amines) is 1. The number of ether oxygens (including phenoxy) is 1. The van der Waals surface area contributed by atoms with Gasteiger partial charge in [0, 0.05) is 32.7 Å². The first-order chi connectivity index (χ1) is 8.66. The molecular weight excluding hydrogens is 270 g/mol. The first-order valence-electron chi connectivity index (χ1n) is 6.75. The number of amides is 1. The molecule has 0 spiro atoms. The smallest absolute Gasteiger partial charge is 0.308 e. The number of rotatable bonds is 4. The van der Waals surface area contributed by atoms with Crippen LogP contribution < -0.4 is 0 Å². The maximum Gasteiger partial charge on any atom is 0.308 e. The number of carbonyl (C=O) groups is 2. The van der Waals surface area contributed by atoms with E-state index in [1.54, 1.807) is 4.90 Å². The number of nitrogens with zero attached hydrogens (tertiary/aromatic N) is 1. The Hall–Kier alpha value is -0.810. The molecule has 1 atom stereocenters. The van der Waals surface area contributed by atoms with E-state index in [2.05, 4.69) is 0 Å². The maximum atomic E-state index is 12.0. The van der Waals surface area contributed by atoms with E-state index in [9.17, 15) is 9.59 Å². The van der Waals surface area contributed by atoms with Crippen molar-refractivity contribution in [2.24, 2.45) is 11.8 Å². The Bertz CT molecular complexity index is 318. The minimum atomic E-state index is -0.783. The summed E-state index contributed by atoms with van der Waals surface area (Å²) in [5.41, 5.74) is 0.